The minimum absolute atomic E-state index is 0.193. The van der Waals surface area contributed by atoms with Gasteiger partial charge in [0.05, 0.1) is 12.0 Å². The molecule has 0 bridgehead atoms. The number of nitrogens with one attached hydrogen (secondary N) is 2. The third kappa shape index (κ3) is 1.19. The summed E-state index contributed by atoms with van der Waals surface area (Å²) in [5.74, 6) is 0.120. The normalized spacial score (nSPS) is 9.20. The van der Waals surface area contributed by atoms with Crippen LogP contribution in [0.3, 0.4) is 0 Å². The van der Waals surface area contributed by atoms with Crippen molar-refractivity contribution in [2.45, 2.75) is 0 Å². The van der Waals surface area contributed by atoms with E-state index in [0.717, 1.165) is 0 Å². The Morgan fingerprint density at radius 1 is 1.70 bits per heavy atom. The summed E-state index contributed by atoms with van der Waals surface area (Å²) in [4.78, 5) is 0. The summed E-state index contributed by atoms with van der Waals surface area (Å²) in [5, 5.41) is 9.24. The monoisotopic (exact) mass is 140 g/mol. The molecular weight excluding hydrogens is 132 g/mol. The highest BCUT2D eigenvalue weighted by Crippen LogP contribution is 2.17. The molecular formula is C5H8N4O. The van der Waals surface area contributed by atoms with E-state index in [9.17, 15) is 0 Å². The van der Waals surface area contributed by atoms with Gasteiger partial charge in [0.1, 0.15) is 0 Å². The Kier molecular flexibility index (Phi) is 1.49. The Labute approximate surface area is 57.5 Å². The largest absolute Gasteiger partial charge is 0.446 e. The van der Waals surface area contributed by atoms with Gasteiger partial charge in [0, 0.05) is 6.07 Å². The lowest BCUT2D eigenvalue weighted by atomic mass is 10.5. The van der Waals surface area contributed by atoms with Gasteiger partial charge in [0.25, 0.3) is 0 Å². The molecule has 0 aliphatic rings. The second-order valence-electron chi connectivity index (χ2n) is 1.74. The summed E-state index contributed by atoms with van der Waals surface area (Å²) < 4.78 is 4.82. The molecule has 6 N–H and O–H groups in total. The average molecular weight is 140 g/mol. The van der Waals surface area contributed by atoms with E-state index in [1.807, 2.05) is 0 Å². The second kappa shape index (κ2) is 2.30. The summed E-state index contributed by atoms with van der Waals surface area (Å²) in [7, 11) is 0. The van der Waals surface area contributed by atoms with Crippen molar-refractivity contribution in [3.05, 3.63) is 12.3 Å². The first-order valence-corrected chi connectivity index (χ1v) is 2.64. The predicted octanol–water partition coefficient (Wildman–Crippen LogP) is 0.167. The van der Waals surface area contributed by atoms with E-state index < -0.39 is 0 Å². The van der Waals surface area contributed by atoms with Crippen LogP contribution in [-0.4, -0.2) is 5.96 Å². The highest BCUT2D eigenvalue weighted by Gasteiger charge is 2.00. The SMILES string of the molecule is N=C(N)Nc1occc1N. The third-order valence-electron chi connectivity index (χ3n) is 0.944. The van der Waals surface area contributed by atoms with E-state index >= 15 is 0 Å². The van der Waals surface area contributed by atoms with E-state index in [0.29, 0.717) is 11.6 Å². The van der Waals surface area contributed by atoms with Crippen molar-refractivity contribution in [1.82, 2.24) is 0 Å². The Morgan fingerprint density at radius 3 is 2.80 bits per heavy atom. The maximum atomic E-state index is 6.82. The van der Waals surface area contributed by atoms with Gasteiger partial charge in [0.15, 0.2) is 5.96 Å². The highest BCUT2D eigenvalue weighted by atomic mass is 16.3. The molecule has 1 aromatic rings. The number of nitrogen functional groups attached to an aromatic ring is 1. The molecule has 1 rings (SSSR count). The van der Waals surface area contributed by atoms with Crippen molar-refractivity contribution in [2.24, 2.45) is 5.73 Å². The molecule has 0 atom stereocenters. The van der Waals surface area contributed by atoms with Crippen molar-refractivity contribution in [1.29, 1.82) is 5.41 Å². The minimum Gasteiger partial charge on any atom is -0.446 e. The van der Waals surface area contributed by atoms with E-state index in [2.05, 4.69) is 5.32 Å². The predicted molar refractivity (Wildman–Crippen MR) is 38.7 cm³/mol. The Balaban J connectivity index is 2.74. The highest BCUT2D eigenvalue weighted by molar-refractivity contribution is 5.90. The van der Waals surface area contributed by atoms with Gasteiger partial charge in [-0.2, -0.15) is 0 Å². The number of hydrogen-bond donors (Lipinski definition) is 4. The van der Waals surface area contributed by atoms with Gasteiger partial charge in [-0.15, -0.1) is 0 Å². The number of nitrogens with two attached hydrogens (primary N) is 2. The Morgan fingerprint density at radius 2 is 2.40 bits per heavy atom. The first-order chi connectivity index (χ1) is 4.70. The van der Waals surface area contributed by atoms with Gasteiger partial charge in [-0.1, -0.05) is 0 Å². The van der Waals surface area contributed by atoms with Gasteiger partial charge in [-0.25, -0.2) is 0 Å². The van der Waals surface area contributed by atoms with Crippen LogP contribution >= 0.6 is 0 Å². The number of anilines is 2. The third-order valence-corrected chi connectivity index (χ3v) is 0.944. The molecule has 0 saturated heterocycles. The fourth-order valence-electron chi connectivity index (χ4n) is 0.543. The summed E-state index contributed by atoms with van der Waals surface area (Å²) in [6.07, 6.45) is 1.42. The molecule has 5 nitrogen and oxygen atoms in total. The lowest BCUT2D eigenvalue weighted by molar-refractivity contribution is 0.587. The van der Waals surface area contributed by atoms with Gasteiger partial charge in [0.2, 0.25) is 5.88 Å². The quantitative estimate of drug-likeness (QED) is 0.330. The van der Waals surface area contributed by atoms with Gasteiger partial charge in [-0.05, 0) is 0 Å². The van der Waals surface area contributed by atoms with Crippen LogP contribution in [0.4, 0.5) is 11.6 Å². The molecule has 0 spiro atoms. The number of rotatable bonds is 1. The van der Waals surface area contributed by atoms with Crippen molar-refractivity contribution < 1.29 is 4.42 Å². The van der Waals surface area contributed by atoms with E-state index in [1.54, 1.807) is 6.07 Å². The van der Waals surface area contributed by atoms with Crippen LogP contribution in [0.5, 0.6) is 0 Å². The molecule has 0 aliphatic carbocycles. The number of furan rings is 1. The zero-order valence-electron chi connectivity index (χ0n) is 5.22. The number of hydrogen-bond acceptors (Lipinski definition) is 3. The van der Waals surface area contributed by atoms with E-state index in [1.165, 1.54) is 6.26 Å². The second-order valence-corrected chi connectivity index (χ2v) is 1.74. The van der Waals surface area contributed by atoms with Gasteiger partial charge in [-0.3, -0.25) is 10.7 Å². The maximum absolute atomic E-state index is 6.82. The maximum Gasteiger partial charge on any atom is 0.222 e. The molecule has 1 aromatic heterocycles. The Hall–Kier alpha value is -1.65. The van der Waals surface area contributed by atoms with Crippen LogP contribution in [-0.2, 0) is 0 Å². The molecule has 0 saturated carbocycles. The van der Waals surface area contributed by atoms with Crippen molar-refractivity contribution in [2.75, 3.05) is 11.1 Å². The van der Waals surface area contributed by atoms with Crippen LogP contribution < -0.4 is 16.8 Å². The molecule has 5 heteroatoms. The lowest BCUT2D eigenvalue weighted by Crippen LogP contribution is -2.20. The van der Waals surface area contributed by atoms with Crippen molar-refractivity contribution in [3.63, 3.8) is 0 Å². The summed E-state index contributed by atoms with van der Waals surface area (Å²) in [6, 6.07) is 1.57. The molecule has 1 heterocycles. The van der Waals surface area contributed by atoms with Gasteiger partial charge < -0.3 is 15.9 Å². The molecule has 0 unspecified atom stereocenters. The molecule has 54 valence electrons. The van der Waals surface area contributed by atoms with Gasteiger partial charge >= 0.3 is 0 Å². The molecule has 0 radical (unpaired) electrons. The van der Waals surface area contributed by atoms with Crippen molar-refractivity contribution in [3.8, 4) is 0 Å². The molecule has 0 aromatic carbocycles. The van der Waals surface area contributed by atoms with Crippen molar-refractivity contribution >= 4 is 17.5 Å². The first-order valence-electron chi connectivity index (χ1n) is 2.64. The zero-order chi connectivity index (χ0) is 7.56. The average Bonchev–Trinajstić information content (AvgIpc) is 2.15. The van der Waals surface area contributed by atoms with Crippen LogP contribution in [0, 0.1) is 5.41 Å². The summed E-state index contributed by atoms with van der Waals surface area (Å²) >= 11 is 0. The van der Waals surface area contributed by atoms with E-state index in [-0.39, 0.29) is 5.96 Å². The summed E-state index contributed by atoms with van der Waals surface area (Å²) in [5.41, 5.74) is 10.8. The lowest BCUT2D eigenvalue weighted by Gasteiger charge is -1.98. The molecule has 0 aliphatic heterocycles. The van der Waals surface area contributed by atoms with Crippen LogP contribution in [0.2, 0.25) is 0 Å². The van der Waals surface area contributed by atoms with E-state index in [4.69, 9.17) is 21.3 Å². The standard InChI is InChI=1S/C5H8N4O/c6-3-1-2-10-4(3)9-5(7)8/h1-2H,6H2,(H4,7,8,9). The molecule has 0 fully saturated rings. The number of guanidine groups is 1. The van der Waals surface area contributed by atoms with Crippen LogP contribution in [0.25, 0.3) is 0 Å². The molecule has 0 amide bonds. The fraction of sp³-hybridized carbons (Fsp3) is 0. The molecule has 10 heavy (non-hydrogen) atoms. The topological polar surface area (TPSA) is 101 Å². The minimum atomic E-state index is -0.193. The Bertz CT molecular complexity index is 242. The summed E-state index contributed by atoms with van der Waals surface area (Å²) in [6.45, 7) is 0. The van der Waals surface area contributed by atoms with Crippen LogP contribution in [0.1, 0.15) is 0 Å². The smallest absolute Gasteiger partial charge is 0.222 e. The first kappa shape index (κ1) is 6.47. The fourth-order valence-corrected chi connectivity index (χ4v) is 0.543. The zero-order valence-corrected chi connectivity index (χ0v) is 5.22. The van der Waals surface area contributed by atoms with Crippen LogP contribution in [0.15, 0.2) is 16.7 Å².